The van der Waals surface area contributed by atoms with Gasteiger partial charge in [0.05, 0.1) is 39.2 Å². The lowest BCUT2D eigenvalue weighted by Gasteiger charge is -2.11. The van der Waals surface area contributed by atoms with Crippen molar-refractivity contribution in [1.29, 1.82) is 0 Å². The van der Waals surface area contributed by atoms with Gasteiger partial charge in [0.25, 0.3) is 23.0 Å². The van der Waals surface area contributed by atoms with E-state index in [4.69, 9.17) is 9.47 Å². The number of hydrogen-bond acceptors (Lipinski definition) is 11. The molecule has 15 heteroatoms. The molecule has 3 aromatic carbocycles. The summed E-state index contributed by atoms with van der Waals surface area (Å²) in [4.78, 5) is 55.5. The number of ether oxygens (including phenoxy) is 2. The summed E-state index contributed by atoms with van der Waals surface area (Å²) >= 11 is 0. The topological polar surface area (TPSA) is 206 Å². The maximum Gasteiger partial charge on any atom is 0.344 e. The molecule has 0 unspecified atom stereocenters. The van der Waals surface area contributed by atoms with Crippen LogP contribution in [-0.2, 0) is 0 Å². The normalized spacial score (nSPS) is 10.6. The number of rotatable bonds is 10. The number of benzene rings is 3. The van der Waals surface area contributed by atoms with Crippen molar-refractivity contribution in [2.45, 2.75) is 6.92 Å². The minimum Gasteiger partial charge on any atom is -0.490 e. The van der Waals surface area contributed by atoms with Gasteiger partial charge in [-0.05, 0) is 36.8 Å². The van der Waals surface area contributed by atoms with Crippen LogP contribution in [0.3, 0.4) is 0 Å². The van der Waals surface area contributed by atoms with Crippen molar-refractivity contribution in [3.8, 4) is 11.5 Å². The molecular formula is C23H17N5O10. The Labute approximate surface area is 212 Å². The van der Waals surface area contributed by atoms with Crippen molar-refractivity contribution in [2.75, 3.05) is 6.61 Å². The van der Waals surface area contributed by atoms with Gasteiger partial charge in [-0.15, -0.1) is 0 Å². The molecule has 194 valence electrons. The van der Waals surface area contributed by atoms with Crippen molar-refractivity contribution >= 4 is 35.2 Å². The van der Waals surface area contributed by atoms with Crippen LogP contribution in [0, 0.1) is 30.3 Å². The number of hydrazone groups is 1. The molecule has 0 aliphatic heterocycles. The standard InChI is InChI=1S/C23H17N5O10/c1-2-37-21-8-14(13-24-25-22(29)15-4-3-5-17(9-15)26(31)32)6-7-20(21)38-23(30)16-10-18(27(33)34)12-19(11-16)28(35)36/h3-13H,2H2,1H3,(H,25,29)/b24-13-. The van der Waals surface area contributed by atoms with E-state index in [1.165, 1.54) is 42.6 Å². The van der Waals surface area contributed by atoms with Crippen LogP contribution in [0.2, 0.25) is 0 Å². The van der Waals surface area contributed by atoms with Gasteiger partial charge >= 0.3 is 5.97 Å². The van der Waals surface area contributed by atoms with Crippen molar-refractivity contribution in [2.24, 2.45) is 5.10 Å². The lowest BCUT2D eigenvalue weighted by atomic mass is 10.1. The van der Waals surface area contributed by atoms with E-state index in [0.29, 0.717) is 11.6 Å². The van der Waals surface area contributed by atoms with Gasteiger partial charge in [0.2, 0.25) is 0 Å². The first kappa shape index (κ1) is 26.9. The van der Waals surface area contributed by atoms with E-state index in [1.54, 1.807) is 6.92 Å². The molecule has 15 nitrogen and oxygen atoms in total. The molecule has 3 aromatic rings. The van der Waals surface area contributed by atoms with Crippen LogP contribution >= 0.6 is 0 Å². The first-order chi connectivity index (χ1) is 18.1. The van der Waals surface area contributed by atoms with Gasteiger partial charge in [-0.25, -0.2) is 10.2 Å². The van der Waals surface area contributed by atoms with E-state index in [0.717, 1.165) is 18.2 Å². The molecule has 0 fully saturated rings. The SMILES string of the molecule is CCOc1cc(/C=N\NC(=O)c2cccc([N+](=O)[O-])c2)ccc1OC(=O)c1cc([N+](=O)[O-])cc([N+](=O)[O-])c1. The Hall–Kier alpha value is -5.73. The van der Waals surface area contributed by atoms with E-state index < -0.39 is 43.6 Å². The van der Waals surface area contributed by atoms with Gasteiger partial charge in [0, 0.05) is 29.8 Å². The number of hydrogen-bond donors (Lipinski definition) is 1. The van der Waals surface area contributed by atoms with E-state index >= 15 is 0 Å². The fourth-order valence-electron chi connectivity index (χ4n) is 3.03. The third-order valence-corrected chi connectivity index (χ3v) is 4.73. The van der Waals surface area contributed by atoms with Gasteiger partial charge in [0.15, 0.2) is 11.5 Å². The summed E-state index contributed by atoms with van der Waals surface area (Å²) < 4.78 is 10.7. The van der Waals surface area contributed by atoms with Crippen LogP contribution in [0.4, 0.5) is 17.1 Å². The zero-order valence-electron chi connectivity index (χ0n) is 19.4. The molecule has 0 saturated heterocycles. The number of carbonyl (C=O) groups excluding carboxylic acids is 2. The summed E-state index contributed by atoms with van der Waals surface area (Å²) in [6, 6.07) is 11.7. The second kappa shape index (κ2) is 11.8. The summed E-state index contributed by atoms with van der Waals surface area (Å²) in [5.74, 6) is -1.78. The first-order valence-electron chi connectivity index (χ1n) is 10.6. The molecule has 0 heterocycles. The molecule has 0 spiro atoms. The van der Waals surface area contributed by atoms with E-state index in [2.05, 4.69) is 10.5 Å². The van der Waals surface area contributed by atoms with Gasteiger partial charge in [-0.1, -0.05) is 6.07 Å². The minimum absolute atomic E-state index is 0.0231. The lowest BCUT2D eigenvalue weighted by Crippen LogP contribution is -2.17. The number of amides is 1. The Morgan fingerprint density at radius 3 is 2.08 bits per heavy atom. The molecule has 0 bridgehead atoms. The maximum atomic E-state index is 12.6. The summed E-state index contributed by atoms with van der Waals surface area (Å²) in [6.07, 6.45) is 1.24. The van der Waals surface area contributed by atoms with Crippen LogP contribution in [0.15, 0.2) is 65.8 Å². The van der Waals surface area contributed by atoms with Crippen molar-refractivity contribution in [3.05, 3.63) is 108 Å². The minimum atomic E-state index is -1.09. The number of non-ortho nitro benzene ring substituents is 3. The van der Waals surface area contributed by atoms with Crippen LogP contribution in [0.5, 0.6) is 11.5 Å². The Morgan fingerprint density at radius 1 is 0.842 bits per heavy atom. The van der Waals surface area contributed by atoms with Gasteiger partial charge in [0.1, 0.15) is 0 Å². The Balaban J connectivity index is 1.78. The first-order valence-corrected chi connectivity index (χ1v) is 10.6. The van der Waals surface area contributed by atoms with Crippen LogP contribution in [-0.4, -0.2) is 39.5 Å². The average Bonchev–Trinajstić information content (AvgIpc) is 2.89. The van der Waals surface area contributed by atoms with E-state index in [-0.39, 0.29) is 29.4 Å². The Bertz CT molecular complexity index is 1440. The predicted octanol–water partition coefficient (Wildman–Crippen LogP) is 3.79. The molecule has 0 aliphatic rings. The number of nitro groups is 3. The second-order valence-corrected chi connectivity index (χ2v) is 7.29. The highest BCUT2D eigenvalue weighted by atomic mass is 16.6. The van der Waals surface area contributed by atoms with Crippen molar-refractivity contribution < 1.29 is 33.8 Å². The average molecular weight is 523 g/mol. The maximum absolute atomic E-state index is 12.6. The largest absolute Gasteiger partial charge is 0.490 e. The third kappa shape index (κ3) is 6.69. The van der Waals surface area contributed by atoms with Crippen LogP contribution in [0.25, 0.3) is 0 Å². The van der Waals surface area contributed by atoms with Crippen LogP contribution < -0.4 is 14.9 Å². The molecule has 0 aromatic heterocycles. The lowest BCUT2D eigenvalue weighted by molar-refractivity contribution is -0.394. The Kier molecular flexibility index (Phi) is 8.35. The summed E-state index contributed by atoms with van der Waals surface area (Å²) in [7, 11) is 0. The summed E-state index contributed by atoms with van der Waals surface area (Å²) in [5, 5.41) is 36.8. The molecule has 1 N–H and O–H groups in total. The molecule has 0 aliphatic carbocycles. The van der Waals surface area contributed by atoms with Crippen LogP contribution in [0.1, 0.15) is 33.2 Å². The monoisotopic (exact) mass is 523 g/mol. The molecule has 1 amide bonds. The highest BCUT2D eigenvalue weighted by Crippen LogP contribution is 2.30. The molecule has 0 saturated carbocycles. The molecule has 0 atom stereocenters. The fraction of sp³-hybridized carbons (Fsp3) is 0.0870. The van der Waals surface area contributed by atoms with Gasteiger partial charge in [-0.2, -0.15) is 5.10 Å². The number of nitrogens with one attached hydrogen (secondary N) is 1. The number of carbonyl (C=O) groups is 2. The molecule has 38 heavy (non-hydrogen) atoms. The Morgan fingerprint density at radius 2 is 1.47 bits per heavy atom. The number of nitrogens with zero attached hydrogens (tertiary/aromatic N) is 4. The molecule has 0 radical (unpaired) electrons. The van der Waals surface area contributed by atoms with E-state index in [1.807, 2.05) is 0 Å². The fourth-order valence-corrected chi connectivity index (χ4v) is 3.03. The zero-order valence-corrected chi connectivity index (χ0v) is 19.4. The summed E-state index contributed by atoms with van der Waals surface area (Å²) in [5.41, 5.74) is 0.673. The van der Waals surface area contributed by atoms with E-state index in [9.17, 15) is 39.9 Å². The highest BCUT2D eigenvalue weighted by molar-refractivity contribution is 5.95. The number of esters is 1. The van der Waals surface area contributed by atoms with Crippen molar-refractivity contribution in [1.82, 2.24) is 5.43 Å². The second-order valence-electron chi connectivity index (χ2n) is 7.29. The zero-order chi connectivity index (χ0) is 27.8. The quantitative estimate of drug-likeness (QED) is 0.134. The smallest absolute Gasteiger partial charge is 0.344 e. The molecule has 3 rings (SSSR count). The molecular weight excluding hydrogens is 506 g/mol. The highest BCUT2D eigenvalue weighted by Gasteiger charge is 2.22. The van der Waals surface area contributed by atoms with Crippen molar-refractivity contribution in [3.63, 3.8) is 0 Å². The van der Waals surface area contributed by atoms with Gasteiger partial charge < -0.3 is 9.47 Å². The van der Waals surface area contributed by atoms with Gasteiger partial charge in [-0.3, -0.25) is 35.1 Å². The third-order valence-electron chi connectivity index (χ3n) is 4.73. The summed E-state index contributed by atoms with van der Waals surface area (Å²) in [6.45, 7) is 1.83. The number of nitro benzene ring substituents is 3. The predicted molar refractivity (Wildman–Crippen MR) is 130 cm³/mol.